The van der Waals surface area contributed by atoms with Crippen LogP contribution >= 0.6 is 15.9 Å². The molecule has 0 spiro atoms. The van der Waals surface area contributed by atoms with Gasteiger partial charge in [-0.2, -0.15) is 4.98 Å². The monoisotopic (exact) mass is 350 g/mol. The van der Waals surface area contributed by atoms with Crippen molar-refractivity contribution in [2.45, 2.75) is 20.8 Å². The second-order valence-corrected chi connectivity index (χ2v) is 5.30. The van der Waals surface area contributed by atoms with Crippen molar-refractivity contribution in [3.05, 3.63) is 45.7 Å². The molecule has 0 saturated carbocycles. The molecular formula is C15H15BrN2O3. The average molecular weight is 351 g/mol. The summed E-state index contributed by atoms with van der Waals surface area (Å²) in [5.74, 6) is 0.239. The van der Waals surface area contributed by atoms with Crippen LogP contribution in [0.4, 0.5) is 0 Å². The molecule has 0 aliphatic carbocycles. The number of hydrogen-bond donors (Lipinski definition) is 0. The molecule has 6 heteroatoms. The summed E-state index contributed by atoms with van der Waals surface area (Å²) in [5, 5.41) is 0. The number of aromatic nitrogens is 2. The van der Waals surface area contributed by atoms with E-state index in [-0.39, 0.29) is 6.01 Å². The predicted octanol–water partition coefficient (Wildman–Crippen LogP) is 3.82. The lowest BCUT2D eigenvalue weighted by Crippen LogP contribution is -2.09. The quantitative estimate of drug-likeness (QED) is 0.784. The van der Waals surface area contributed by atoms with Crippen molar-refractivity contribution < 1.29 is 14.3 Å². The minimum Gasteiger partial charge on any atom is -0.462 e. The molecule has 0 unspecified atom stereocenters. The Morgan fingerprint density at radius 1 is 1.33 bits per heavy atom. The molecule has 0 aliphatic heterocycles. The van der Waals surface area contributed by atoms with E-state index in [1.165, 1.54) is 6.20 Å². The van der Waals surface area contributed by atoms with E-state index in [0.717, 1.165) is 10.0 Å². The maximum atomic E-state index is 11.7. The van der Waals surface area contributed by atoms with Gasteiger partial charge in [0, 0.05) is 10.7 Å². The number of hydrogen-bond acceptors (Lipinski definition) is 5. The number of rotatable bonds is 4. The van der Waals surface area contributed by atoms with Crippen molar-refractivity contribution in [1.82, 2.24) is 9.97 Å². The Hall–Kier alpha value is -1.95. The highest BCUT2D eigenvalue weighted by atomic mass is 79.9. The minimum atomic E-state index is -0.429. The van der Waals surface area contributed by atoms with E-state index >= 15 is 0 Å². The van der Waals surface area contributed by atoms with E-state index in [1.54, 1.807) is 13.8 Å². The van der Waals surface area contributed by atoms with E-state index < -0.39 is 5.97 Å². The number of carbonyl (C=O) groups is 1. The van der Waals surface area contributed by atoms with Crippen molar-refractivity contribution in [1.29, 1.82) is 0 Å². The highest BCUT2D eigenvalue weighted by Gasteiger charge is 2.14. The Labute approximate surface area is 131 Å². The normalized spacial score (nSPS) is 10.3. The fraction of sp³-hybridized carbons (Fsp3) is 0.267. The summed E-state index contributed by atoms with van der Waals surface area (Å²) in [6.45, 7) is 5.71. The zero-order valence-corrected chi connectivity index (χ0v) is 13.6. The molecule has 0 N–H and O–H groups in total. The van der Waals surface area contributed by atoms with Crippen LogP contribution in [-0.4, -0.2) is 22.5 Å². The summed E-state index contributed by atoms with van der Waals surface area (Å²) in [4.78, 5) is 19.9. The van der Waals surface area contributed by atoms with Crippen LogP contribution in [0.25, 0.3) is 0 Å². The molecular weight excluding hydrogens is 336 g/mol. The van der Waals surface area contributed by atoms with Gasteiger partial charge in [0.05, 0.1) is 17.9 Å². The Balaban J connectivity index is 2.22. The lowest BCUT2D eigenvalue weighted by atomic mass is 10.2. The van der Waals surface area contributed by atoms with Crippen LogP contribution in [0.1, 0.15) is 28.5 Å². The van der Waals surface area contributed by atoms with Gasteiger partial charge in [0.25, 0.3) is 0 Å². The maximum Gasteiger partial charge on any atom is 0.341 e. The molecule has 1 heterocycles. The lowest BCUT2D eigenvalue weighted by molar-refractivity contribution is 0.0524. The summed E-state index contributed by atoms with van der Waals surface area (Å²) >= 11 is 3.40. The van der Waals surface area contributed by atoms with E-state index in [4.69, 9.17) is 9.47 Å². The number of esters is 1. The third-order valence-electron chi connectivity index (χ3n) is 2.79. The van der Waals surface area contributed by atoms with Crippen molar-refractivity contribution >= 4 is 21.9 Å². The van der Waals surface area contributed by atoms with Gasteiger partial charge in [-0.25, -0.2) is 9.78 Å². The number of carbonyl (C=O) groups excluding carboxylic acids is 1. The maximum absolute atomic E-state index is 11.7. The van der Waals surface area contributed by atoms with E-state index in [9.17, 15) is 4.79 Å². The zero-order chi connectivity index (χ0) is 15.4. The first kappa shape index (κ1) is 15.4. The van der Waals surface area contributed by atoms with Crippen LogP contribution in [0.3, 0.4) is 0 Å². The SMILES string of the molecule is CCOC(=O)c1cnc(Oc2ccc(Br)cc2C)nc1C. The molecule has 2 aromatic rings. The largest absolute Gasteiger partial charge is 0.462 e. The van der Waals surface area contributed by atoms with Crippen LogP contribution in [0, 0.1) is 13.8 Å². The standard InChI is InChI=1S/C15H15BrN2O3/c1-4-20-14(19)12-8-17-15(18-10(12)3)21-13-6-5-11(16)7-9(13)2/h5-8H,4H2,1-3H3. The molecule has 0 aliphatic rings. The fourth-order valence-electron chi connectivity index (χ4n) is 1.73. The van der Waals surface area contributed by atoms with Gasteiger partial charge < -0.3 is 9.47 Å². The highest BCUT2D eigenvalue weighted by Crippen LogP contribution is 2.25. The van der Waals surface area contributed by atoms with Crippen LogP contribution in [0.5, 0.6) is 11.8 Å². The Morgan fingerprint density at radius 2 is 2.10 bits per heavy atom. The smallest absolute Gasteiger partial charge is 0.341 e. The molecule has 2 rings (SSSR count). The van der Waals surface area contributed by atoms with Crippen LogP contribution < -0.4 is 4.74 Å². The molecule has 0 radical (unpaired) electrons. The summed E-state index contributed by atoms with van der Waals surface area (Å²) in [5.41, 5.74) is 1.82. The molecule has 1 aromatic carbocycles. The van der Waals surface area contributed by atoms with Crippen molar-refractivity contribution in [2.75, 3.05) is 6.61 Å². The van der Waals surface area contributed by atoms with Gasteiger partial charge in [0.1, 0.15) is 5.75 Å². The lowest BCUT2D eigenvalue weighted by Gasteiger charge is -2.09. The third kappa shape index (κ3) is 3.78. The van der Waals surface area contributed by atoms with Crippen molar-refractivity contribution in [3.63, 3.8) is 0 Å². The van der Waals surface area contributed by atoms with Gasteiger partial charge >= 0.3 is 12.0 Å². The molecule has 0 bridgehead atoms. The number of ether oxygens (including phenoxy) is 2. The number of nitrogens with zero attached hydrogens (tertiary/aromatic N) is 2. The molecule has 110 valence electrons. The van der Waals surface area contributed by atoms with Gasteiger partial charge in [0.15, 0.2) is 0 Å². The summed E-state index contributed by atoms with van der Waals surface area (Å²) < 4.78 is 11.6. The van der Waals surface area contributed by atoms with Gasteiger partial charge in [-0.05, 0) is 44.5 Å². The molecule has 0 saturated heterocycles. The van der Waals surface area contributed by atoms with Crippen molar-refractivity contribution in [3.8, 4) is 11.8 Å². The molecule has 0 atom stereocenters. The first-order chi connectivity index (χ1) is 10.0. The molecule has 0 amide bonds. The van der Waals surface area contributed by atoms with E-state index in [2.05, 4.69) is 25.9 Å². The average Bonchev–Trinajstić information content (AvgIpc) is 2.42. The predicted molar refractivity (Wildman–Crippen MR) is 81.7 cm³/mol. The first-order valence-electron chi connectivity index (χ1n) is 6.46. The van der Waals surface area contributed by atoms with Gasteiger partial charge in [0.2, 0.25) is 0 Å². The molecule has 21 heavy (non-hydrogen) atoms. The van der Waals surface area contributed by atoms with Crippen LogP contribution in [-0.2, 0) is 4.74 Å². The third-order valence-corrected chi connectivity index (χ3v) is 3.28. The summed E-state index contributed by atoms with van der Waals surface area (Å²) in [7, 11) is 0. The number of benzene rings is 1. The van der Waals surface area contributed by atoms with Gasteiger partial charge in [-0.15, -0.1) is 0 Å². The van der Waals surface area contributed by atoms with Crippen LogP contribution in [0.15, 0.2) is 28.9 Å². The summed E-state index contributed by atoms with van der Waals surface area (Å²) in [6.07, 6.45) is 1.42. The first-order valence-corrected chi connectivity index (χ1v) is 7.25. The van der Waals surface area contributed by atoms with Crippen LogP contribution in [0.2, 0.25) is 0 Å². The highest BCUT2D eigenvalue weighted by molar-refractivity contribution is 9.10. The molecule has 1 aromatic heterocycles. The second-order valence-electron chi connectivity index (χ2n) is 4.38. The minimum absolute atomic E-state index is 0.200. The Morgan fingerprint density at radius 3 is 2.71 bits per heavy atom. The second kappa shape index (κ2) is 6.67. The molecule has 0 fully saturated rings. The number of halogens is 1. The van der Waals surface area contributed by atoms with Crippen molar-refractivity contribution in [2.24, 2.45) is 0 Å². The fourth-order valence-corrected chi connectivity index (χ4v) is 2.21. The molecule has 5 nitrogen and oxygen atoms in total. The van der Waals surface area contributed by atoms with Gasteiger partial charge in [-0.3, -0.25) is 0 Å². The Bertz CT molecular complexity index is 674. The summed E-state index contributed by atoms with van der Waals surface area (Å²) in [6, 6.07) is 5.85. The van der Waals surface area contributed by atoms with Gasteiger partial charge in [-0.1, -0.05) is 15.9 Å². The Kier molecular flexibility index (Phi) is 4.90. The topological polar surface area (TPSA) is 61.3 Å². The zero-order valence-electron chi connectivity index (χ0n) is 12.0. The number of aryl methyl sites for hydroxylation is 2. The van der Waals surface area contributed by atoms with E-state index in [1.807, 2.05) is 25.1 Å². The van der Waals surface area contributed by atoms with E-state index in [0.29, 0.717) is 23.6 Å².